The normalized spacial score (nSPS) is 14.2. The molecule has 21 heavy (non-hydrogen) atoms. The summed E-state index contributed by atoms with van der Waals surface area (Å²) in [5, 5.41) is 3.49. The zero-order valence-electron chi connectivity index (χ0n) is 12.9. The molecule has 1 fully saturated rings. The van der Waals surface area contributed by atoms with Gasteiger partial charge in [-0.15, -0.1) is 0 Å². The fourth-order valence-corrected chi connectivity index (χ4v) is 2.34. The van der Waals surface area contributed by atoms with Crippen molar-refractivity contribution in [2.45, 2.75) is 46.2 Å². The van der Waals surface area contributed by atoms with Crippen molar-refractivity contribution in [3.8, 4) is 11.6 Å². The van der Waals surface area contributed by atoms with Gasteiger partial charge in [0, 0.05) is 24.8 Å². The van der Waals surface area contributed by atoms with Crippen molar-refractivity contribution in [1.82, 2.24) is 10.3 Å². The molecular formula is C18H22N2O. The molecule has 0 spiro atoms. The molecule has 1 aliphatic carbocycles. The van der Waals surface area contributed by atoms with E-state index in [4.69, 9.17) is 4.74 Å². The van der Waals surface area contributed by atoms with Gasteiger partial charge in [-0.2, -0.15) is 0 Å². The summed E-state index contributed by atoms with van der Waals surface area (Å²) < 4.78 is 5.93. The summed E-state index contributed by atoms with van der Waals surface area (Å²) >= 11 is 0. The molecule has 2 aromatic rings. The van der Waals surface area contributed by atoms with Crippen molar-refractivity contribution in [3.63, 3.8) is 0 Å². The van der Waals surface area contributed by atoms with Crippen LogP contribution in [0, 0.1) is 20.8 Å². The second-order valence-corrected chi connectivity index (χ2v) is 5.97. The Morgan fingerprint density at radius 1 is 1.19 bits per heavy atom. The van der Waals surface area contributed by atoms with Gasteiger partial charge in [0.1, 0.15) is 5.75 Å². The quantitative estimate of drug-likeness (QED) is 0.898. The van der Waals surface area contributed by atoms with Crippen LogP contribution in [0.1, 0.15) is 35.1 Å². The summed E-state index contributed by atoms with van der Waals surface area (Å²) in [5.74, 6) is 1.54. The van der Waals surface area contributed by atoms with E-state index < -0.39 is 0 Å². The van der Waals surface area contributed by atoms with E-state index in [-0.39, 0.29) is 0 Å². The number of hydrogen-bond acceptors (Lipinski definition) is 3. The fourth-order valence-electron chi connectivity index (χ4n) is 2.34. The number of benzene rings is 1. The SMILES string of the molecule is Cc1cc(C)c(C)c(Oc2ccc(CNC3CC3)cn2)c1. The van der Waals surface area contributed by atoms with Gasteiger partial charge in [-0.25, -0.2) is 4.98 Å². The highest BCUT2D eigenvalue weighted by Crippen LogP contribution is 2.27. The maximum absolute atomic E-state index is 5.93. The summed E-state index contributed by atoms with van der Waals surface area (Å²) in [7, 11) is 0. The van der Waals surface area contributed by atoms with Crippen molar-refractivity contribution in [2.75, 3.05) is 0 Å². The second kappa shape index (κ2) is 5.86. The number of aryl methyl sites for hydroxylation is 2. The third-order valence-corrected chi connectivity index (χ3v) is 3.95. The van der Waals surface area contributed by atoms with Gasteiger partial charge in [-0.3, -0.25) is 0 Å². The van der Waals surface area contributed by atoms with E-state index in [9.17, 15) is 0 Å². The summed E-state index contributed by atoms with van der Waals surface area (Å²) in [6, 6.07) is 8.98. The first-order chi connectivity index (χ1) is 10.1. The van der Waals surface area contributed by atoms with E-state index in [0.717, 1.165) is 18.3 Å². The molecule has 3 nitrogen and oxygen atoms in total. The first-order valence-electron chi connectivity index (χ1n) is 7.56. The van der Waals surface area contributed by atoms with Crippen LogP contribution in [0.15, 0.2) is 30.5 Å². The molecule has 1 N–H and O–H groups in total. The maximum atomic E-state index is 5.93. The van der Waals surface area contributed by atoms with Crippen LogP contribution in [0.3, 0.4) is 0 Å². The van der Waals surface area contributed by atoms with Crippen LogP contribution in [0.2, 0.25) is 0 Å². The Morgan fingerprint density at radius 3 is 2.67 bits per heavy atom. The Labute approximate surface area is 126 Å². The molecule has 3 rings (SSSR count). The minimum Gasteiger partial charge on any atom is -0.439 e. The molecule has 1 aromatic heterocycles. The Hall–Kier alpha value is -1.87. The molecule has 110 valence electrons. The van der Waals surface area contributed by atoms with Crippen molar-refractivity contribution in [3.05, 3.63) is 52.7 Å². The van der Waals surface area contributed by atoms with E-state index in [1.54, 1.807) is 0 Å². The smallest absolute Gasteiger partial charge is 0.219 e. The zero-order valence-corrected chi connectivity index (χ0v) is 12.9. The summed E-state index contributed by atoms with van der Waals surface area (Å²) in [6.07, 6.45) is 4.50. The van der Waals surface area contributed by atoms with Gasteiger partial charge in [-0.05, 0) is 61.9 Å². The fraction of sp³-hybridized carbons (Fsp3) is 0.389. The summed E-state index contributed by atoms with van der Waals surface area (Å²) in [4.78, 5) is 4.41. The number of nitrogens with one attached hydrogen (secondary N) is 1. The van der Waals surface area contributed by atoms with Crippen LogP contribution >= 0.6 is 0 Å². The highest BCUT2D eigenvalue weighted by atomic mass is 16.5. The lowest BCUT2D eigenvalue weighted by atomic mass is 10.1. The Kier molecular flexibility index (Phi) is 3.93. The minimum atomic E-state index is 0.651. The third-order valence-electron chi connectivity index (χ3n) is 3.95. The van der Waals surface area contributed by atoms with Crippen LogP contribution in [-0.4, -0.2) is 11.0 Å². The van der Waals surface area contributed by atoms with Crippen LogP contribution in [0.5, 0.6) is 11.6 Å². The molecule has 0 saturated heterocycles. The molecule has 0 amide bonds. The molecule has 0 unspecified atom stereocenters. The molecule has 3 heteroatoms. The van der Waals surface area contributed by atoms with Gasteiger partial charge in [-0.1, -0.05) is 12.1 Å². The topological polar surface area (TPSA) is 34.1 Å². The van der Waals surface area contributed by atoms with E-state index in [1.165, 1.54) is 35.1 Å². The number of ether oxygens (including phenoxy) is 1. The van der Waals surface area contributed by atoms with Gasteiger partial charge < -0.3 is 10.1 Å². The highest BCUT2D eigenvalue weighted by molar-refractivity contribution is 5.43. The molecule has 0 bridgehead atoms. The molecule has 1 aliphatic rings. The minimum absolute atomic E-state index is 0.651. The number of rotatable bonds is 5. The van der Waals surface area contributed by atoms with Crippen molar-refractivity contribution in [1.29, 1.82) is 0 Å². The second-order valence-electron chi connectivity index (χ2n) is 5.97. The molecule has 0 atom stereocenters. The molecular weight excluding hydrogens is 260 g/mol. The molecule has 1 aromatic carbocycles. The largest absolute Gasteiger partial charge is 0.439 e. The monoisotopic (exact) mass is 282 g/mol. The van der Waals surface area contributed by atoms with Crippen LogP contribution in [-0.2, 0) is 6.54 Å². The van der Waals surface area contributed by atoms with E-state index in [0.29, 0.717) is 5.88 Å². The number of nitrogens with zero attached hydrogens (tertiary/aromatic N) is 1. The molecule has 1 saturated carbocycles. The summed E-state index contributed by atoms with van der Waals surface area (Å²) in [5.41, 5.74) is 4.82. The average molecular weight is 282 g/mol. The first kappa shape index (κ1) is 14.1. The van der Waals surface area contributed by atoms with Gasteiger partial charge >= 0.3 is 0 Å². The predicted molar refractivity (Wildman–Crippen MR) is 84.8 cm³/mol. The Balaban J connectivity index is 1.69. The lowest BCUT2D eigenvalue weighted by molar-refractivity contribution is 0.458. The number of hydrogen-bond donors (Lipinski definition) is 1. The lowest BCUT2D eigenvalue weighted by Gasteiger charge is -2.11. The van der Waals surface area contributed by atoms with Crippen LogP contribution in [0.4, 0.5) is 0 Å². The van der Waals surface area contributed by atoms with E-state index in [1.807, 2.05) is 12.3 Å². The first-order valence-corrected chi connectivity index (χ1v) is 7.56. The average Bonchev–Trinajstić information content (AvgIpc) is 3.28. The van der Waals surface area contributed by atoms with Crippen molar-refractivity contribution < 1.29 is 4.74 Å². The van der Waals surface area contributed by atoms with Gasteiger partial charge in [0.25, 0.3) is 0 Å². The number of aromatic nitrogens is 1. The van der Waals surface area contributed by atoms with E-state index >= 15 is 0 Å². The molecule has 1 heterocycles. The van der Waals surface area contributed by atoms with E-state index in [2.05, 4.69) is 49.3 Å². The zero-order chi connectivity index (χ0) is 14.8. The Morgan fingerprint density at radius 2 is 2.00 bits per heavy atom. The van der Waals surface area contributed by atoms with Gasteiger partial charge in [0.2, 0.25) is 5.88 Å². The number of pyridine rings is 1. The van der Waals surface area contributed by atoms with Crippen LogP contribution in [0.25, 0.3) is 0 Å². The van der Waals surface area contributed by atoms with Crippen LogP contribution < -0.4 is 10.1 Å². The lowest BCUT2D eigenvalue weighted by Crippen LogP contribution is -2.15. The molecule has 0 radical (unpaired) electrons. The highest BCUT2D eigenvalue weighted by Gasteiger charge is 2.19. The van der Waals surface area contributed by atoms with Crippen molar-refractivity contribution >= 4 is 0 Å². The van der Waals surface area contributed by atoms with Crippen molar-refractivity contribution in [2.24, 2.45) is 0 Å². The predicted octanol–water partition coefficient (Wildman–Crippen LogP) is 4.05. The standard InChI is InChI=1S/C18H22N2O/c1-12-8-13(2)14(3)17(9-12)21-18-7-4-15(11-20-18)10-19-16-5-6-16/h4,7-9,11,16,19H,5-6,10H2,1-3H3. The van der Waals surface area contributed by atoms with Gasteiger partial charge in [0.15, 0.2) is 0 Å². The summed E-state index contributed by atoms with van der Waals surface area (Å²) in [6.45, 7) is 7.16. The molecule has 0 aliphatic heterocycles. The third kappa shape index (κ3) is 3.61. The van der Waals surface area contributed by atoms with Gasteiger partial charge in [0.05, 0.1) is 0 Å². The Bertz CT molecular complexity index is 630. The maximum Gasteiger partial charge on any atom is 0.219 e.